The van der Waals surface area contributed by atoms with Crippen molar-refractivity contribution >= 4 is 11.9 Å². The van der Waals surface area contributed by atoms with Crippen molar-refractivity contribution in [1.82, 2.24) is 4.90 Å². The maximum atomic E-state index is 12.2. The number of piperidine rings is 1. The fourth-order valence-electron chi connectivity index (χ4n) is 2.48. The number of esters is 1. The van der Waals surface area contributed by atoms with Crippen LogP contribution in [0.5, 0.6) is 0 Å². The minimum atomic E-state index is -0.266. The highest BCUT2D eigenvalue weighted by Crippen LogP contribution is 2.46. The number of methoxy groups -OCH3 is 1. The van der Waals surface area contributed by atoms with E-state index in [0.717, 1.165) is 12.8 Å². The van der Waals surface area contributed by atoms with E-state index >= 15 is 0 Å². The van der Waals surface area contributed by atoms with Crippen LogP contribution < -0.4 is 5.73 Å². The number of carbonyl (C=O) groups is 2. The second kappa shape index (κ2) is 4.64. The molecule has 1 heterocycles. The standard InChI is InChI=1S/C12H20N2O3/c1-17-10(15)9-2-6-14(7-3-9)11(16)12(8-13)4-5-12/h9H,2-8,13H2,1H3. The smallest absolute Gasteiger partial charge is 0.308 e. The second-order valence-electron chi connectivity index (χ2n) is 5.07. The lowest BCUT2D eigenvalue weighted by atomic mass is 9.95. The van der Waals surface area contributed by atoms with Crippen LogP contribution in [0.1, 0.15) is 25.7 Å². The van der Waals surface area contributed by atoms with E-state index in [1.54, 1.807) is 0 Å². The largest absolute Gasteiger partial charge is 0.469 e. The molecule has 5 nitrogen and oxygen atoms in total. The molecule has 1 aliphatic carbocycles. The second-order valence-corrected chi connectivity index (χ2v) is 5.07. The highest BCUT2D eigenvalue weighted by Gasteiger charge is 2.50. The van der Waals surface area contributed by atoms with E-state index in [1.807, 2.05) is 4.90 Å². The molecule has 1 aliphatic heterocycles. The third-order valence-electron chi connectivity index (χ3n) is 4.01. The number of hydrogen-bond donors (Lipinski definition) is 1. The van der Waals surface area contributed by atoms with Gasteiger partial charge in [0.25, 0.3) is 0 Å². The van der Waals surface area contributed by atoms with Crippen LogP contribution in [0, 0.1) is 11.3 Å². The monoisotopic (exact) mass is 240 g/mol. The molecule has 0 unspecified atom stereocenters. The fraction of sp³-hybridized carbons (Fsp3) is 0.833. The van der Waals surface area contributed by atoms with E-state index < -0.39 is 0 Å². The lowest BCUT2D eigenvalue weighted by molar-refractivity contribution is -0.149. The first-order valence-electron chi connectivity index (χ1n) is 6.20. The molecule has 1 saturated heterocycles. The average molecular weight is 240 g/mol. The van der Waals surface area contributed by atoms with Crippen LogP contribution in [-0.2, 0) is 14.3 Å². The summed E-state index contributed by atoms with van der Waals surface area (Å²) in [6.45, 7) is 1.75. The van der Waals surface area contributed by atoms with Gasteiger partial charge in [-0.05, 0) is 25.7 Å². The van der Waals surface area contributed by atoms with Crippen molar-refractivity contribution in [3.8, 4) is 0 Å². The number of ether oxygens (including phenoxy) is 1. The Morgan fingerprint density at radius 2 is 1.94 bits per heavy atom. The summed E-state index contributed by atoms with van der Waals surface area (Å²) >= 11 is 0. The fourth-order valence-corrected chi connectivity index (χ4v) is 2.48. The van der Waals surface area contributed by atoms with Gasteiger partial charge in [0.2, 0.25) is 5.91 Å². The van der Waals surface area contributed by atoms with Crippen LogP contribution in [-0.4, -0.2) is 43.5 Å². The summed E-state index contributed by atoms with van der Waals surface area (Å²) in [4.78, 5) is 25.4. The summed E-state index contributed by atoms with van der Waals surface area (Å²) in [6, 6.07) is 0. The van der Waals surface area contributed by atoms with E-state index in [4.69, 9.17) is 10.5 Å². The van der Waals surface area contributed by atoms with E-state index in [2.05, 4.69) is 0 Å². The number of likely N-dealkylation sites (tertiary alicyclic amines) is 1. The van der Waals surface area contributed by atoms with Crippen molar-refractivity contribution in [3.05, 3.63) is 0 Å². The van der Waals surface area contributed by atoms with E-state index in [9.17, 15) is 9.59 Å². The number of nitrogens with two attached hydrogens (primary N) is 1. The molecule has 0 radical (unpaired) electrons. The van der Waals surface area contributed by atoms with E-state index in [0.29, 0.717) is 32.5 Å². The van der Waals surface area contributed by atoms with Gasteiger partial charge >= 0.3 is 5.97 Å². The summed E-state index contributed by atoms with van der Waals surface area (Å²) < 4.78 is 4.72. The topological polar surface area (TPSA) is 72.6 Å². The summed E-state index contributed by atoms with van der Waals surface area (Å²) in [6.07, 6.45) is 3.25. The lowest BCUT2D eigenvalue weighted by Gasteiger charge is -2.33. The zero-order valence-electron chi connectivity index (χ0n) is 10.3. The quantitative estimate of drug-likeness (QED) is 0.712. The molecular weight excluding hydrogens is 220 g/mol. The predicted molar refractivity (Wildman–Crippen MR) is 62.0 cm³/mol. The van der Waals surface area contributed by atoms with E-state index in [-0.39, 0.29) is 23.2 Å². The molecule has 0 aromatic carbocycles. The van der Waals surface area contributed by atoms with Crippen LogP contribution >= 0.6 is 0 Å². The Bertz CT molecular complexity index is 318. The Morgan fingerprint density at radius 1 is 1.35 bits per heavy atom. The molecule has 0 spiro atoms. The zero-order valence-corrected chi connectivity index (χ0v) is 10.3. The zero-order chi connectivity index (χ0) is 12.5. The van der Waals surface area contributed by atoms with Gasteiger partial charge in [0.1, 0.15) is 0 Å². The molecule has 0 atom stereocenters. The minimum Gasteiger partial charge on any atom is -0.469 e. The van der Waals surface area contributed by atoms with Crippen LogP contribution in [0.3, 0.4) is 0 Å². The van der Waals surface area contributed by atoms with Crippen LogP contribution in [0.4, 0.5) is 0 Å². The maximum absolute atomic E-state index is 12.2. The molecule has 0 aromatic heterocycles. The van der Waals surface area contributed by atoms with Gasteiger partial charge in [-0.25, -0.2) is 0 Å². The summed E-state index contributed by atoms with van der Waals surface area (Å²) in [5, 5.41) is 0. The maximum Gasteiger partial charge on any atom is 0.308 e. The first-order valence-corrected chi connectivity index (χ1v) is 6.20. The molecule has 2 aliphatic rings. The van der Waals surface area contributed by atoms with Gasteiger partial charge < -0.3 is 15.4 Å². The summed E-state index contributed by atoms with van der Waals surface area (Å²) in [5.41, 5.74) is 5.39. The molecule has 0 bridgehead atoms. The van der Waals surface area contributed by atoms with Crippen molar-refractivity contribution in [1.29, 1.82) is 0 Å². The van der Waals surface area contributed by atoms with Crippen LogP contribution in [0.15, 0.2) is 0 Å². The van der Waals surface area contributed by atoms with Crippen LogP contribution in [0.25, 0.3) is 0 Å². The lowest BCUT2D eigenvalue weighted by Crippen LogP contribution is -2.45. The molecule has 5 heteroatoms. The first-order chi connectivity index (χ1) is 8.13. The molecule has 17 heavy (non-hydrogen) atoms. The van der Waals surface area contributed by atoms with Gasteiger partial charge in [0.15, 0.2) is 0 Å². The molecule has 2 fully saturated rings. The van der Waals surface area contributed by atoms with E-state index in [1.165, 1.54) is 7.11 Å². The van der Waals surface area contributed by atoms with Crippen molar-refractivity contribution in [3.63, 3.8) is 0 Å². The number of nitrogens with zero attached hydrogens (tertiary/aromatic N) is 1. The Morgan fingerprint density at radius 3 is 2.35 bits per heavy atom. The van der Waals surface area contributed by atoms with Crippen molar-refractivity contribution < 1.29 is 14.3 Å². The predicted octanol–water partition coefficient (Wildman–Crippen LogP) is 0.137. The SMILES string of the molecule is COC(=O)C1CCN(C(=O)C2(CN)CC2)CC1. The summed E-state index contributed by atoms with van der Waals surface area (Å²) in [7, 11) is 1.41. The Labute approximate surface area is 101 Å². The van der Waals surface area contributed by atoms with Gasteiger partial charge in [-0.15, -0.1) is 0 Å². The van der Waals surface area contributed by atoms with Crippen molar-refractivity contribution in [2.24, 2.45) is 17.1 Å². The summed E-state index contributed by atoms with van der Waals surface area (Å²) in [5.74, 6) is -0.0162. The molecule has 1 saturated carbocycles. The molecule has 2 rings (SSSR count). The van der Waals surface area contributed by atoms with Crippen molar-refractivity contribution in [2.75, 3.05) is 26.7 Å². The Balaban J connectivity index is 1.87. The van der Waals surface area contributed by atoms with Gasteiger partial charge in [0, 0.05) is 19.6 Å². The third-order valence-corrected chi connectivity index (χ3v) is 4.01. The average Bonchev–Trinajstić information content (AvgIpc) is 3.18. The van der Waals surface area contributed by atoms with Gasteiger partial charge in [-0.2, -0.15) is 0 Å². The van der Waals surface area contributed by atoms with Crippen molar-refractivity contribution in [2.45, 2.75) is 25.7 Å². The third kappa shape index (κ3) is 2.29. The minimum absolute atomic E-state index is 0.0444. The van der Waals surface area contributed by atoms with Gasteiger partial charge in [-0.3, -0.25) is 9.59 Å². The number of hydrogen-bond acceptors (Lipinski definition) is 4. The Hall–Kier alpha value is -1.10. The van der Waals surface area contributed by atoms with Gasteiger partial charge in [-0.1, -0.05) is 0 Å². The molecule has 96 valence electrons. The normalized spacial score (nSPS) is 23.3. The molecule has 2 N–H and O–H groups in total. The molecule has 0 aromatic rings. The number of amides is 1. The Kier molecular flexibility index (Phi) is 3.38. The highest BCUT2D eigenvalue weighted by atomic mass is 16.5. The van der Waals surface area contributed by atoms with Crippen LogP contribution in [0.2, 0.25) is 0 Å². The highest BCUT2D eigenvalue weighted by molar-refractivity contribution is 5.86. The van der Waals surface area contributed by atoms with Gasteiger partial charge in [0.05, 0.1) is 18.4 Å². The number of rotatable bonds is 3. The molecule has 1 amide bonds. The molecular formula is C12H20N2O3. The number of carbonyl (C=O) groups excluding carboxylic acids is 2. The first kappa shape index (κ1) is 12.4.